The van der Waals surface area contributed by atoms with Crippen molar-refractivity contribution in [1.82, 2.24) is 9.80 Å². The third kappa shape index (κ3) is 3.67. The fourth-order valence-electron chi connectivity index (χ4n) is 5.41. The van der Waals surface area contributed by atoms with Crippen molar-refractivity contribution in [3.8, 4) is 5.75 Å². The predicted molar refractivity (Wildman–Crippen MR) is 129 cm³/mol. The highest BCUT2D eigenvalue weighted by Gasteiger charge is 2.52. The van der Waals surface area contributed by atoms with Crippen LogP contribution in [0, 0.1) is 0 Å². The molecule has 178 valence electrons. The van der Waals surface area contributed by atoms with E-state index in [2.05, 4.69) is 4.90 Å². The quantitative estimate of drug-likeness (QED) is 0.683. The van der Waals surface area contributed by atoms with Crippen molar-refractivity contribution in [3.63, 3.8) is 0 Å². The van der Waals surface area contributed by atoms with Crippen molar-refractivity contribution in [1.29, 1.82) is 0 Å². The van der Waals surface area contributed by atoms with Gasteiger partial charge in [0, 0.05) is 51.3 Å². The summed E-state index contributed by atoms with van der Waals surface area (Å²) in [5.41, 5.74) is 1.59. The number of carbonyl (C=O) groups is 3. The molecule has 3 aliphatic heterocycles. The van der Waals surface area contributed by atoms with Gasteiger partial charge in [-0.1, -0.05) is 12.1 Å². The highest BCUT2D eigenvalue weighted by molar-refractivity contribution is 6.10. The standard InChI is InChI=1S/C26H30N4O4/c1-26-13-11-24(32)30(26)22-6-4-3-5-21(22)25(33)29(26)14-12-23(31)28-17-15-27(16-18-28)19-7-9-20(34-2)10-8-19/h3-10H,11-18H2,1-2H3. The summed E-state index contributed by atoms with van der Waals surface area (Å²) < 4.78 is 5.23. The minimum atomic E-state index is -0.726. The Balaban J connectivity index is 1.23. The van der Waals surface area contributed by atoms with Crippen LogP contribution in [0.25, 0.3) is 0 Å². The maximum Gasteiger partial charge on any atom is 0.257 e. The molecular weight excluding hydrogens is 432 g/mol. The number of anilines is 2. The van der Waals surface area contributed by atoms with Crippen LogP contribution in [0.15, 0.2) is 48.5 Å². The van der Waals surface area contributed by atoms with Crippen LogP contribution < -0.4 is 14.5 Å². The van der Waals surface area contributed by atoms with E-state index in [1.165, 1.54) is 0 Å². The Bertz CT molecular complexity index is 1110. The third-order valence-electron chi connectivity index (χ3n) is 7.36. The maximum absolute atomic E-state index is 13.4. The smallest absolute Gasteiger partial charge is 0.257 e. The number of hydrogen-bond donors (Lipinski definition) is 0. The number of rotatable bonds is 5. The predicted octanol–water partition coefficient (Wildman–Crippen LogP) is 2.73. The Morgan fingerprint density at radius 1 is 1.00 bits per heavy atom. The molecule has 2 saturated heterocycles. The van der Waals surface area contributed by atoms with Crippen molar-refractivity contribution < 1.29 is 19.1 Å². The SMILES string of the molecule is COc1ccc(N2CCN(C(=O)CCN3C(=O)c4ccccc4N4C(=O)CCC34C)CC2)cc1. The van der Waals surface area contributed by atoms with Gasteiger partial charge in [-0.25, -0.2) is 0 Å². The minimum absolute atomic E-state index is 0.0217. The molecule has 2 aromatic carbocycles. The summed E-state index contributed by atoms with van der Waals surface area (Å²) in [7, 11) is 1.65. The summed E-state index contributed by atoms with van der Waals surface area (Å²) >= 11 is 0. The van der Waals surface area contributed by atoms with E-state index in [0.717, 1.165) is 24.5 Å². The van der Waals surface area contributed by atoms with E-state index in [1.54, 1.807) is 23.0 Å². The first-order valence-corrected chi connectivity index (χ1v) is 11.8. The van der Waals surface area contributed by atoms with Crippen LogP contribution in [0.3, 0.4) is 0 Å². The van der Waals surface area contributed by atoms with E-state index in [0.29, 0.717) is 43.7 Å². The summed E-state index contributed by atoms with van der Waals surface area (Å²) in [5.74, 6) is 0.777. The fraction of sp³-hybridized carbons (Fsp3) is 0.423. The molecule has 1 atom stereocenters. The second kappa shape index (κ2) is 8.66. The molecule has 2 fully saturated rings. The van der Waals surface area contributed by atoms with E-state index < -0.39 is 5.66 Å². The van der Waals surface area contributed by atoms with Gasteiger partial charge in [-0.05, 0) is 49.7 Å². The molecule has 0 aliphatic carbocycles. The summed E-state index contributed by atoms with van der Waals surface area (Å²) in [4.78, 5) is 46.7. The Morgan fingerprint density at radius 3 is 2.41 bits per heavy atom. The van der Waals surface area contributed by atoms with Gasteiger partial charge in [-0.15, -0.1) is 0 Å². The van der Waals surface area contributed by atoms with Crippen molar-refractivity contribution in [2.75, 3.05) is 49.6 Å². The Morgan fingerprint density at radius 2 is 1.71 bits per heavy atom. The van der Waals surface area contributed by atoms with Gasteiger partial charge in [0.25, 0.3) is 5.91 Å². The highest BCUT2D eigenvalue weighted by atomic mass is 16.5. The number of benzene rings is 2. The number of piperazine rings is 1. The molecule has 2 aromatic rings. The van der Waals surface area contributed by atoms with Gasteiger partial charge < -0.3 is 19.4 Å². The van der Waals surface area contributed by atoms with Crippen molar-refractivity contribution in [3.05, 3.63) is 54.1 Å². The van der Waals surface area contributed by atoms with E-state index in [9.17, 15) is 14.4 Å². The monoisotopic (exact) mass is 462 g/mol. The van der Waals surface area contributed by atoms with E-state index in [1.807, 2.05) is 54.3 Å². The zero-order valence-corrected chi connectivity index (χ0v) is 19.7. The molecule has 8 nitrogen and oxygen atoms in total. The maximum atomic E-state index is 13.4. The molecule has 3 amide bonds. The van der Waals surface area contributed by atoms with Gasteiger partial charge in [0.2, 0.25) is 11.8 Å². The van der Waals surface area contributed by atoms with Crippen LogP contribution in [0.5, 0.6) is 5.75 Å². The fourth-order valence-corrected chi connectivity index (χ4v) is 5.41. The lowest BCUT2D eigenvalue weighted by molar-refractivity contribution is -0.131. The third-order valence-corrected chi connectivity index (χ3v) is 7.36. The first kappa shape index (κ1) is 22.3. The number of para-hydroxylation sites is 1. The zero-order chi connectivity index (χ0) is 23.9. The first-order valence-electron chi connectivity index (χ1n) is 11.8. The van der Waals surface area contributed by atoms with Crippen LogP contribution in [-0.4, -0.2) is 73.0 Å². The van der Waals surface area contributed by atoms with Gasteiger partial charge in [0.15, 0.2) is 0 Å². The van der Waals surface area contributed by atoms with E-state index in [4.69, 9.17) is 4.74 Å². The number of carbonyl (C=O) groups excluding carboxylic acids is 3. The van der Waals surface area contributed by atoms with Crippen molar-refractivity contribution >= 4 is 29.1 Å². The van der Waals surface area contributed by atoms with Crippen LogP contribution in [-0.2, 0) is 9.59 Å². The molecule has 0 N–H and O–H groups in total. The summed E-state index contributed by atoms with van der Waals surface area (Å²) in [6.45, 7) is 5.03. The molecular formula is C26H30N4O4. The topological polar surface area (TPSA) is 73.4 Å². The van der Waals surface area contributed by atoms with E-state index in [-0.39, 0.29) is 24.1 Å². The van der Waals surface area contributed by atoms with Crippen LogP contribution >= 0.6 is 0 Å². The summed E-state index contributed by atoms with van der Waals surface area (Å²) in [6, 6.07) is 15.2. The number of nitrogens with zero attached hydrogens (tertiary/aromatic N) is 4. The molecule has 0 aromatic heterocycles. The molecule has 3 aliphatic rings. The molecule has 5 rings (SSSR count). The molecule has 0 radical (unpaired) electrons. The van der Waals surface area contributed by atoms with Gasteiger partial charge >= 0.3 is 0 Å². The Labute approximate surface area is 199 Å². The second-order valence-corrected chi connectivity index (χ2v) is 9.24. The second-order valence-electron chi connectivity index (χ2n) is 9.24. The van der Waals surface area contributed by atoms with Crippen LogP contribution in [0.4, 0.5) is 11.4 Å². The lowest BCUT2D eigenvalue weighted by Gasteiger charge is -2.48. The molecule has 8 heteroatoms. The van der Waals surface area contributed by atoms with Gasteiger partial charge in [0.05, 0.1) is 18.4 Å². The molecule has 3 heterocycles. The van der Waals surface area contributed by atoms with Gasteiger partial charge in [0.1, 0.15) is 11.4 Å². The number of methoxy groups -OCH3 is 1. The number of fused-ring (bicyclic) bond motifs is 3. The average Bonchev–Trinajstić information content (AvgIpc) is 3.18. The average molecular weight is 463 g/mol. The molecule has 1 unspecified atom stereocenters. The van der Waals surface area contributed by atoms with E-state index >= 15 is 0 Å². The van der Waals surface area contributed by atoms with Crippen molar-refractivity contribution in [2.24, 2.45) is 0 Å². The van der Waals surface area contributed by atoms with Gasteiger partial charge in [-0.2, -0.15) is 0 Å². The number of amides is 3. The highest BCUT2D eigenvalue weighted by Crippen LogP contribution is 2.44. The zero-order valence-electron chi connectivity index (χ0n) is 19.7. The molecule has 0 bridgehead atoms. The number of ether oxygens (including phenoxy) is 1. The number of hydrogen-bond acceptors (Lipinski definition) is 5. The molecule has 0 saturated carbocycles. The lowest BCUT2D eigenvalue weighted by Crippen LogP contribution is -2.62. The van der Waals surface area contributed by atoms with Gasteiger partial charge in [-0.3, -0.25) is 19.3 Å². The largest absolute Gasteiger partial charge is 0.497 e. The summed E-state index contributed by atoms with van der Waals surface area (Å²) in [6.07, 6.45) is 1.21. The molecule has 0 spiro atoms. The minimum Gasteiger partial charge on any atom is -0.497 e. The van der Waals surface area contributed by atoms with Crippen molar-refractivity contribution in [2.45, 2.75) is 31.8 Å². The van der Waals surface area contributed by atoms with Crippen LogP contribution in [0.2, 0.25) is 0 Å². The molecule has 34 heavy (non-hydrogen) atoms. The first-order chi connectivity index (χ1) is 16.4. The Kier molecular flexibility index (Phi) is 5.67. The van der Waals surface area contributed by atoms with Crippen LogP contribution in [0.1, 0.15) is 36.5 Å². The lowest BCUT2D eigenvalue weighted by atomic mass is 9.98. The normalized spacial score (nSPS) is 22.1. The Hall–Kier alpha value is -3.55. The summed E-state index contributed by atoms with van der Waals surface area (Å²) in [5, 5.41) is 0.